The van der Waals surface area contributed by atoms with E-state index in [4.69, 9.17) is 24.5 Å². The second-order valence-electron chi connectivity index (χ2n) is 5.47. The Balaban J connectivity index is 3.49. The van der Waals surface area contributed by atoms with Crippen LogP contribution in [-0.4, -0.2) is 52.9 Å². The van der Waals surface area contributed by atoms with Crippen LogP contribution in [0.15, 0.2) is 5.28 Å². The molecule has 25 heavy (non-hydrogen) atoms. The smallest absolute Gasteiger partial charge is 0.377 e. The average Bonchev–Trinajstić information content (AvgIpc) is 2.45. The van der Waals surface area contributed by atoms with E-state index in [1.807, 2.05) is 0 Å². The first-order valence-electron chi connectivity index (χ1n) is 7.13. The molecule has 140 valence electrons. The molecule has 0 spiro atoms. The fraction of sp³-hybridized carbons (Fsp3) is 0.769. The van der Waals surface area contributed by atoms with Crippen LogP contribution in [-0.2, 0) is 38.2 Å². The van der Waals surface area contributed by atoms with Gasteiger partial charge in [-0.2, -0.15) is 0 Å². The predicted octanol–water partition coefficient (Wildman–Crippen LogP) is 0.478. The Morgan fingerprint density at radius 2 is 1.72 bits per heavy atom. The van der Waals surface area contributed by atoms with E-state index in [2.05, 4.69) is 15.0 Å². The number of carbonyl (C=O) groups excluding carboxylic acids is 3. The van der Waals surface area contributed by atoms with E-state index in [0.29, 0.717) is 0 Å². The summed E-state index contributed by atoms with van der Waals surface area (Å²) in [6, 6.07) is 0. The molecule has 0 bridgehead atoms. The summed E-state index contributed by atoms with van der Waals surface area (Å²) in [5.74, 6) is -5.27. The Morgan fingerprint density at radius 1 is 1.16 bits per heavy atom. The van der Waals surface area contributed by atoms with Gasteiger partial charge in [-0.15, -0.1) is 0 Å². The second-order valence-corrected chi connectivity index (χ2v) is 5.47. The van der Waals surface area contributed by atoms with Crippen molar-refractivity contribution in [2.75, 3.05) is 0 Å². The molecule has 0 aromatic rings. The van der Waals surface area contributed by atoms with E-state index in [9.17, 15) is 19.5 Å². The maximum atomic E-state index is 11.5. The lowest BCUT2D eigenvalue weighted by molar-refractivity contribution is -0.473. The molecular formula is C13H19N3O9. The maximum absolute atomic E-state index is 11.5. The highest BCUT2D eigenvalue weighted by molar-refractivity contribution is 5.69. The fourth-order valence-corrected chi connectivity index (χ4v) is 2.49. The highest BCUT2D eigenvalue weighted by Crippen LogP contribution is 2.43. The Labute approximate surface area is 142 Å². The zero-order chi connectivity index (χ0) is 19.4. The van der Waals surface area contributed by atoms with Crippen LogP contribution in [0.25, 0.3) is 10.4 Å². The first kappa shape index (κ1) is 20.5. The van der Waals surface area contributed by atoms with Crippen molar-refractivity contribution in [3.05, 3.63) is 10.4 Å². The van der Waals surface area contributed by atoms with Crippen LogP contribution in [0.1, 0.15) is 34.6 Å². The van der Waals surface area contributed by atoms with Crippen LogP contribution in [0, 0.1) is 0 Å². The lowest BCUT2D eigenvalue weighted by atomic mass is 9.85. The second kappa shape index (κ2) is 7.55. The topological polar surface area (TPSA) is 166 Å². The summed E-state index contributed by atoms with van der Waals surface area (Å²) in [6.45, 7) is 5.67. The van der Waals surface area contributed by atoms with Crippen molar-refractivity contribution < 1.29 is 43.3 Å². The van der Waals surface area contributed by atoms with Crippen molar-refractivity contribution in [2.24, 2.45) is 5.28 Å². The van der Waals surface area contributed by atoms with E-state index >= 15 is 0 Å². The van der Waals surface area contributed by atoms with Crippen molar-refractivity contribution in [1.29, 1.82) is 0 Å². The number of esters is 3. The van der Waals surface area contributed by atoms with Gasteiger partial charge in [-0.3, -0.25) is 14.4 Å². The molecule has 1 aliphatic rings. The van der Waals surface area contributed by atoms with E-state index < -0.39 is 47.8 Å². The van der Waals surface area contributed by atoms with Crippen molar-refractivity contribution >= 4 is 17.9 Å². The number of azide groups is 1. The van der Waals surface area contributed by atoms with Crippen molar-refractivity contribution in [3.63, 3.8) is 0 Å². The molecule has 1 rings (SSSR count). The van der Waals surface area contributed by atoms with Crippen LogP contribution in [0.2, 0.25) is 0 Å². The van der Waals surface area contributed by atoms with Gasteiger partial charge >= 0.3 is 23.9 Å². The van der Waals surface area contributed by atoms with Crippen LogP contribution in [0.3, 0.4) is 0 Å². The molecule has 0 saturated carbocycles. The number of rotatable bonds is 5. The van der Waals surface area contributed by atoms with Gasteiger partial charge in [0.15, 0.2) is 12.2 Å². The molecule has 0 amide bonds. The van der Waals surface area contributed by atoms with Crippen LogP contribution >= 0.6 is 0 Å². The molecule has 0 unspecified atom stereocenters. The predicted molar refractivity (Wildman–Crippen MR) is 77.0 cm³/mol. The maximum Gasteiger partial charge on any atom is 0.377 e. The molecule has 0 radical (unpaired) electrons. The summed E-state index contributed by atoms with van der Waals surface area (Å²) in [7, 11) is 0. The van der Waals surface area contributed by atoms with Gasteiger partial charge in [0, 0.05) is 25.7 Å². The van der Waals surface area contributed by atoms with Crippen LogP contribution < -0.4 is 0 Å². The number of ether oxygens (including phenoxy) is 4. The summed E-state index contributed by atoms with van der Waals surface area (Å²) >= 11 is 0. The van der Waals surface area contributed by atoms with Gasteiger partial charge in [0.25, 0.3) is 0 Å². The van der Waals surface area contributed by atoms with E-state index in [1.165, 1.54) is 6.92 Å². The number of aliphatic hydroxyl groups is 1. The standard InChI is InChI=1S/C13H19N3O9/c1-6-10(21-7(2)17)11(22-8(3)18)12(5,24-9(4)19)13(20,23-6)25-16-15-14/h6,10-11,20H,1-5H3/t6-,10-,11+,12-,13-/m1/s1. The van der Waals surface area contributed by atoms with Crippen LogP contribution in [0.4, 0.5) is 0 Å². The largest absolute Gasteiger partial charge is 0.456 e. The van der Waals surface area contributed by atoms with Crippen molar-refractivity contribution in [1.82, 2.24) is 0 Å². The third-order valence-corrected chi connectivity index (χ3v) is 3.43. The van der Waals surface area contributed by atoms with E-state index in [1.54, 1.807) is 0 Å². The fourth-order valence-electron chi connectivity index (χ4n) is 2.49. The average molecular weight is 361 g/mol. The molecule has 5 atom stereocenters. The Morgan fingerprint density at radius 3 is 2.16 bits per heavy atom. The minimum atomic E-state index is -2.82. The third-order valence-electron chi connectivity index (χ3n) is 3.43. The molecule has 1 aliphatic heterocycles. The van der Waals surface area contributed by atoms with Gasteiger partial charge in [-0.1, -0.05) is 0 Å². The van der Waals surface area contributed by atoms with Gasteiger partial charge in [0.05, 0.1) is 0 Å². The number of nitrogens with zero attached hydrogens (tertiary/aromatic N) is 3. The van der Waals surface area contributed by atoms with Gasteiger partial charge in [-0.25, -0.2) is 0 Å². The highest BCUT2D eigenvalue weighted by atomic mass is 16.9. The van der Waals surface area contributed by atoms with Gasteiger partial charge in [-0.05, 0) is 19.4 Å². The Hall–Kier alpha value is -2.56. The molecule has 1 fully saturated rings. The Kier molecular flexibility index (Phi) is 6.19. The molecule has 0 aromatic heterocycles. The summed E-state index contributed by atoms with van der Waals surface area (Å²) in [5.41, 5.74) is 6.18. The minimum Gasteiger partial charge on any atom is -0.456 e. The highest BCUT2D eigenvalue weighted by Gasteiger charge is 2.69. The van der Waals surface area contributed by atoms with Gasteiger partial charge < -0.3 is 28.9 Å². The molecule has 12 nitrogen and oxygen atoms in total. The summed E-state index contributed by atoms with van der Waals surface area (Å²) < 4.78 is 20.5. The normalized spacial score (nSPS) is 34.2. The summed E-state index contributed by atoms with van der Waals surface area (Å²) in [4.78, 5) is 41.3. The van der Waals surface area contributed by atoms with Crippen molar-refractivity contribution in [2.45, 2.75) is 64.5 Å². The Bertz CT molecular complexity index is 606. The van der Waals surface area contributed by atoms with Crippen molar-refractivity contribution in [3.8, 4) is 0 Å². The quantitative estimate of drug-likeness (QED) is 0.139. The zero-order valence-corrected chi connectivity index (χ0v) is 14.3. The van der Waals surface area contributed by atoms with E-state index in [0.717, 1.165) is 27.7 Å². The van der Waals surface area contributed by atoms with Gasteiger partial charge in [0.1, 0.15) is 11.4 Å². The molecule has 1 N–H and O–H groups in total. The van der Waals surface area contributed by atoms with Crippen LogP contribution in [0.5, 0.6) is 0 Å². The number of hydrogen-bond acceptors (Lipinski definition) is 10. The molecule has 0 aliphatic carbocycles. The van der Waals surface area contributed by atoms with Gasteiger partial charge in [0.2, 0.25) is 5.60 Å². The number of hydrogen-bond donors (Lipinski definition) is 1. The summed E-state index contributed by atoms with van der Waals surface area (Å²) in [6.07, 6.45) is -3.86. The molecular weight excluding hydrogens is 342 g/mol. The first-order valence-corrected chi connectivity index (χ1v) is 7.13. The van der Waals surface area contributed by atoms with E-state index in [-0.39, 0.29) is 0 Å². The lowest BCUT2D eigenvalue weighted by Gasteiger charge is -2.51. The lowest BCUT2D eigenvalue weighted by Crippen LogP contribution is -2.74. The monoisotopic (exact) mass is 361 g/mol. The molecule has 1 saturated heterocycles. The SMILES string of the molecule is CC(=O)O[C@@H]1[C@@H](C)O[C@@](O)(ON=[N+]=[N-])[C@](C)(OC(C)=O)[C@H]1OC(C)=O. The first-order chi connectivity index (χ1) is 11.5. The molecule has 1 heterocycles. The summed E-state index contributed by atoms with van der Waals surface area (Å²) in [5, 5.41) is 13.4. The molecule has 12 heteroatoms. The zero-order valence-electron chi connectivity index (χ0n) is 14.3. The minimum absolute atomic E-state index is 0.732. The third kappa shape index (κ3) is 4.29. The number of carbonyl (C=O) groups is 3. The molecule has 0 aromatic carbocycles.